The van der Waals surface area contributed by atoms with Crippen LogP contribution in [0.2, 0.25) is 0 Å². The number of fused-ring (bicyclic) bond motifs is 6. The summed E-state index contributed by atoms with van der Waals surface area (Å²) in [5.74, 6) is -2.62. The Labute approximate surface area is 391 Å². The summed E-state index contributed by atoms with van der Waals surface area (Å²) in [6.45, 7) is 0. The first-order chi connectivity index (χ1) is 29.7. The van der Waals surface area contributed by atoms with Gasteiger partial charge in [0.05, 0.1) is 33.0 Å². The SMILES string of the molecule is ClC(Cl)Cl.O=C1[C@H](c2ccccc2)[C@@H](c2ccc(Br)cc2)C=C2c3ccccc3S(=O)(=O)N12.O=C1[C@H](c2ccccc2)[C@@H](c2ccc(Br)cc2)C=C2c3ccccc3S(=O)(=O)N12. The van der Waals surface area contributed by atoms with Gasteiger partial charge in [0.2, 0.25) is 11.8 Å². The number of benzene rings is 6. The molecule has 0 fully saturated rings. The van der Waals surface area contributed by atoms with Crippen LogP contribution in [0.15, 0.2) is 189 Å². The van der Waals surface area contributed by atoms with Crippen LogP contribution in [0.25, 0.3) is 11.4 Å². The second-order valence-electron chi connectivity index (χ2n) is 14.5. The molecule has 0 unspecified atom stereocenters. The number of hydrogen-bond acceptors (Lipinski definition) is 6. The van der Waals surface area contributed by atoms with Crippen molar-refractivity contribution in [3.8, 4) is 0 Å². The van der Waals surface area contributed by atoms with Gasteiger partial charge in [-0.1, -0.05) is 200 Å². The Kier molecular flexibility index (Phi) is 12.7. The van der Waals surface area contributed by atoms with Gasteiger partial charge in [0.1, 0.15) is 0 Å². The van der Waals surface area contributed by atoms with Gasteiger partial charge in [-0.2, -0.15) is 0 Å². The van der Waals surface area contributed by atoms with Gasteiger partial charge in [-0.3, -0.25) is 9.59 Å². The van der Waals surface area contributed by atoms with E-state index in [2.05, 4.69) is 31.9 Å². The van der Waals surface area contributed by atoms with Crippen LogP contribution in [0, 0.1) is 0 Å². The number of halogens is 5. The minimum absolute atomic E-state index is 0.183. The average molecular weight is 1050 g/mol. The van der Waals surface area contributed by atoms with E-state index in [1.54, 1.807) is 48.5 Å². The first-order valence-corrected chi connectivity index (χ1v) is 24.8. The van der Waals surface area contributed by atoms with Crippen LogP contribution in [0.1, 0.15) is 57.1 Å². The number of carbonyl (C=O) groups is 2. The van der Waals surface area contributed by atoms with Gasteiger partial charge in [0, 0.05) is 31.9 Å². The van der Waals surface area contributed by atoms with Gasteiger partial charge in [0.15, 0.2) is 4.30 Å². The van der Waals surface area contributed by atoms with Gasteiger partial charge in [-0.25, -0.2) is 25.4 Å². The van der Waals surface area contributed by atoms with Crippen LogP contribution < -0.4 is 0 Å². The summed E-state index contributed by atoms with van der Waals surface area (Å²) in [7, 11) is -7.80. The highest BCUT2D eigenvalue weighted by atomic mass is 79.9. The molecular formula is C47H33Br2Cl3N2O6S2. The number of carbonyl (C=O) groups excluding carboxylic acids is 2. The van der Waals surface area contributed by atoms with Crippen molar-refractivity contribution in [3.63, 3.8) is 0 Å². The Hall–Kier alpha value is -4.53. The average Bonchev–Trinajstić information content (AvgIpc) is 3.64. The van der Waals surface area contributed by atoms with E-state index in [1.165, 1.54) is 0 Å². The fourth-order valence-corrected chi connectivity index (χ4v) is 12.2. The molecular weight excluding hydrogens is 1020 g/mol. The Morgan fingerprint density at radius 1 is 0.435 bits per heavy atom. The molecule has 2 amide bonds. The van der Waals surface area contributed by atoms with E-state index < -0.39 is 48.0 Å². The van der Waals surface area contributed by atoms with Crippen molar-refractivity contribution >= 4 is 110 Å². The summed E-state index contributed by atoms with van der Waals surface area (Å²) in [5.41, 5.74) is 5.58. The molecule has 0 spiro atoms. The van der Waals surface area contributed by atoms with Crippen LogP contribution >= 0.6 is 66.7 Å². The third-order valence-corrected chi connectivity index (χ3v) is 15.5. The fourth-order valence-electron chi connectivity index (χ4n) is 8.33. The minimum atomic E-state index is -3.90. The molecule has 0 bridgehead atoms. The first-order valence-electron chi connectivity index (χ1n) is 19.0. The Bertz CT molecular complexity index is 2770. The predicted molar refractivity (Wildman–Crippen MR) is 250 cm³/mol. The molecule has 0 radical (unpaired) electrons. The lowest BCUT2D eigenvalue weighted by Crippen LogP contribution is -2.40. The van der Waals surface area contributed by atoms with Crippen LogP contribution in [0.3, 0.4) is 0 Å². The number of nitrogens with zero attached hydrogens (tertiary/aromatic N) is 2. The second-order valence-corrected chi connectivity index (χ2v) is 21.8. The maximum absolute atomic E-state index is 13.6. The van der Waals surface area contributed by atoms with Crippen molar-refractivity contribution < 1.29 is 26.4 Å². The van der Waals surface area contributed by atoms with E-state index in [0.29, 0.717) is 22.5 Å². The summed E-state index contributed by atoms with van der Waals surface area (Å²) in [6.07, 6.45) is 3.84. The fraction of sp³-hybridized carbons (Fsp3) is 0.106. The maximum Gasteiger partial charge on any atom is 0.271 e. The zero-order valence-corrected chi connectivity index (χ0v) is 39.2. The molecule has 10 rings (SSSR count). The van der Waals surface area contributed by atoms with E-state index in [4.69, 9.17) is 34.8 Å². The third-order valence-electron chi connectivity index (χ3n) is 11.0. The zero-order valence-electron chi connectivity index (χ0n) is 32.1. The molecule has 0 aliphatic carbocycles. The summed E-state index contributed by atoms with van der Waals surface area (Å²) >= 11 is 21.3. The second kappa shape index (κ2) is 17.9. The van der Waals surface area contributed by atoms with Crippen molar-refractivity contribution in [1.82, 2.24) is 8.61 Å². The molecule has 0 saturated carbocycles. The highest BCUT2D eigenvalue weighted by Crippen LogP contribution is 2.51. The molecule has 6 aromatic carbocycles. The van der Waals surface area contributed by atoms with Gasteiger partial charge < -0.3 is 0 Å². The number of sulfonamides is 2. The van der Waals surface area contributed by atoms with Crippen molar-refractivity contribution in [3.05, 3.63) is 212 Å². The number of allylic oxidation sites excluding steroid dienone is 2. The van der Waals surface area contributed by atoms with Gasteiger partial charge >= 0.3 is 0 Å². The molecule has 4 atom stereocenters. The number of alkyl halides is 3. The molecule has 0 aromatic heterocycles. The molecule has 0 saturated heterocycles. The van der Waals surface area contributed by atoms with E-state index >= 15 is 0 Å². The Morgan fingerprint density at radius 3 is 1.08 bits per heavy atom. The third kappa shape index (κ3) is 8.22. The smallest absolute Gasteiger partial charge is 0.271 e. The molecule has 8 nitrogen and oxygen atoms in total. The van der Waals surface area contributed by atoms with E-state index in [1.807, 2.05) is 121 Å². The topological polar surface area (TPSA) is 109 Å². The number of amides is 2. The number of rotatable bonds is 4. The standard InChI is InChI=1S/2C23H16BrNO3S.CHCl3/c2*24-17-12-10-15(11-13-17)19-14-20-18-8-4-5-9-21(18)29(27,28)25(20)23(26)22(19)16-6-2-1-3-7-16;2-1(3)4/h2*1-14,19,22H;1H/t2*19-,22-;/m11./s1. The van der Waals surface area contributed by atoms with Crippen LogP contribution in [0.4, 0.5) is 0 Å². The molecule has 0 N–H and O–H groups in total. The lowest BCUT2D eigenvalue weighted by atomic mass is 9.78. The Morgan fingerprint density at radius 2 is 0.742 bits per heavy atom. The molecule has 62 heavy (non-hydrogen) atoms. The maximum atomic E-state index is 13.6. The molecule has 4 heterocycles. The minimum Gasteiger partial charge on any atom is -0.273 e. The highest BCUT2D eigenvalue weighted by molar-refractivity contribution is 9.10. The van der Waals surface area contributed by atoms with E-state index in [9.17, 15) is 26.4 Å². The van der Waals surface area contributed by atoms with Gasteiger partial charge in [0.25, 0.3) is 20.0 Å². The predicted octanol–water partition coefficient (Wildman–Crippen LogP) is 11.8. The van der Waals surface area contributed by atoms with E-state index in [0.717, 1.165) is 39.8 Å². The molecule has 4 aliphatic rings. The first kappa shape index (κ1) is 44.1. The van der Waals surface area contributed by atoms with Crippen LogP contribution in [0.5, 0.6) is 0 Å². The quantitative estimate of drug-likeness (QED) is 0.163. The summed E-state index contributed by atoms with van der Waals surface area (Å²) in [4.78, 5) is 27.6. The molecule has 314 valence electrons. The normalized spacial score (nSPS) is 21.2. The van der Waals surface area contributed by atoms with E-state index in [-0.39, 0.29) is 21.6 Å². The monoisotopic (exact) mass is 1050 g/mol. The van der Waals surface area contributed by atoms with Crippen molar-refractivity contribution in [2.75, 3.05) is 0 Å². The van der Waals surface area contributed by atoms with Crippen LogP contribution in [-0.2, 0) is 29.6 Å². The van der Waals surface area contributed by atoms with Gasteiger partial charge in [-0.15, -0.1) is 0 Å². The Balaban J connectivity index is 0.000000157. The largest absolute Gasteiger partial charge is 0.273 e. The van der Waals surface area contributed by atoms with Crippen molar-refractivity contribution in [2.45, 2.75) is 37.8 Å². The van der Waals surface area contributed by atoms with Crippen molar-refractivity contribution in [2.24, 2.45) is 0 Å². The summed E-state index contributed by atoms with van der Waals surface area (Å²) in [6, 6.07) is 48.0. The molecule has 15 heteroatoms. The van der Waals surface area contributed by atoms with Crippen LogP contribution in [-0.4, -0.2) is 41.6 Å². The van der Waals surface area contributed by atoms with Gasteiger partial charge in [-0.05, 0) is 58.7 Å². The zero-order chi connectivity index (χ0) is 43.9. The summed E-state index contributed by atoms with van der Waals surface area (Å²) < 4.78 is 55.7. The summed E-state index contributed by atoms with van der Waals surface area (Å²) in [5, 5.41) is 0. The molecule has 6 aromatic rings. The lowest BCUT2D eigenvalue weighted by molar-refractivity contribution is -0.127. The molecule has 4 aliphatic heterocycles. The number of hydrogen-bond donors (Lipinski definition) is 0. The highest BCUT2D eigenvalue weighted by Gasteiger charge is 2.51. The van der Waals surface area contributed by atoms with Crippen molar-refractivity contribution in [1.29, 1.82) is 0 Å². The lowest BCUT2D eigenvalue weighted by Gasteiger charge is -2.34.